The molecule has 4 saturated heterocycles. The summed E-state index contributed by atoms with van der Waals surface area (Å²) in [5.74, 6) is -1.12. The molecule has 7 nitrogen and oxygen atoms in total. The summed E-state index contributed by atoms with van der Waals surface area (Å²) in [6.07, 6.45) is 10.2. The molecule has 374 valence electrons. The summed E-state index contributed by atoms with van der Waals surface area (Å²) >= 11 is 0. The fourth-order valence-corrected chi connectivity index (χ4v) is 8.11. The Hall–Kier alpha value is -0.1000. The second-order valence-corrected chi connectivity index (χ2v) is 25.0. The Balaban J connectivity index is 0.00000163. The topological polar surface area (TPSA) is 106 Å². The molecule has 0 bridgehead atoms. The molecule has 4 aliphatic rings. The molecule has 69 heavy (non-hydrogen) atoms. The Morgan fingerprint density at radius 2 is 0.478 bits per heavy atom. The average molecular weight is 983 g/mol. The molecule has 4 heterocycles. The van der Waals surface area contributed by atoms with Gasteiger partial charge in [-0.15, -0.1) is 17.2 Å². The van der Waals surface area contributed by atoms with E-state index < -0.39 is 22.2 Å². The predicted molar refractivity (Wildman–Crippen MR) is 271 cm³/mol. The van der Waals surface area contributed by atoms with E-state index in [2.05, 4.69) is 125 Å². The molecule has 0 saturated carbocycles. The van der Waals surface area contributed by atoms with Crippen LogP contribution in [0.5, 0.6) is 17.2 Å². The maximum absolute atomic E-state index is 14.8. The van der Waals surface area contributed by atoms with Gasteiger partial charge in [0.1, 0.15) is 0 Å². The summed E-state index contributed by atoms with van der Waals surface area (Å²) in [6.45, 7) is 45.8. The van der Waals surface area contributed by atoms with E-state index in [4.69, 9.17) is 18.9 Å². The van der Waals surface area contributed by atoms with Crippen molar-refractivity contribution in [3.05, 3.63) is 86.5 Å². The quantitative estimate of drug-likeness (QED) is 0.288. The zero-order chi connectivity index (χ0) is 49.9. The summed E-state index contributed by atoms with van der Waals surface area (Å²) in [4.78, 5) is 0. The van der Waals surface area contributed by atoms with E-state index in [1.54, 1.807) is 0 Å². The van der Waals surface area contributed by atoms with Gasteiger partial charge in [0.2, 0.25) is 0 Å². The van der Waals surface area contributed by atoms with Crippen LogP contribution in [0.3, 0.4) is 0 Å². The van der Waals surface area contributed by atoms with Crippen LogP contribution in [0, 0.1) is 0 Å². The predicted octanol–water partition coefficient (Wildman–Crippen LogP) is 4.07. The molecule has 0 aliphatic carbocycles. The van der Waals surface area contributed by atoms with Gasteiger partial charge in [0.15, 0.2) is 0 Å². The van der Waals surface area contributed by atoms with Gasteiger partial charge in [-0.05, 0) is 134 Å². The maximum atomic E-state index is 14.8. The first kappa shape index (κ1) is 68.9. The van der Waals surface area contributed by atoms with Crippen LogP contribution in [0.1, 0.15) is 232 Å². The standard InChI is InChI=1S/C43H64O3.4C4H8O.3Na/c1-38(2,3)25-19-28(35(44)31(22-25)41(10,11)12)34(29-20-26(39(4,5)6)23-32(36(29)45)42(13,14)15)30-21-27(40(7,8)9)24-33(37(30)46)43(16,17)18;4*1-2-4-5-3-1;;;/h19-24,34,44-46H,1-18H3;4*1-4H2;;;/q;;;;;3*+1/p-3. The van der Waals surface area contributed by atoms with Gasteiger partial charge in [-0.3, -0.25) is 0 Å². The molecule has 4 aliphatic heterocycles. The molecule has 3 aromatic rings. The third-order valence-electron chi connectivity index (χ3n) is 12.6. The molecule has 0 aromatic heterocycles. The fraction of sp³-hybridized carbons (Fsp3) is 0.695. The minimum Gasteiger partial charge on any atom is -0.872 e. The van der Waals surface area contributed by atoms with E-state index in [9.17, 15) is 15.3 Å². The van der Waals surface area contributed by atoms with E-state index in [1.165, 1.54) is 51.4 Å². The fourth-order valence-electron chi connectivity index (χ4n) is 8.11. The number of rotatable bonds is 3. The van der Waals surface area contributed by atoms with Gasteiger partial charge >= 0.3 is 88.7 Å². The van der Waals surface area contributed by atoms with E-state index in [1.807, 2.05) is 36.4 Å². The van der Waals surface area contributed by atoms with Gasteiger partial charge in [-0.25, -0.2) is 0 Å². The molecule has 0 amide bonds. The first-order valence-corrected chi connectivity index (χ1v) is 25.3. The van der Waals surface area contributed by atoms with Crippen molar-refractivity contribution in [2.75, 3.05) is 52.9 Å². The Labute approximate surface area is 489 Å². The molecule has 0 unspecified atom stereocenters. The maximum Gasteiger partial charge on any atom is 1.00 e. The summed E-state index contributed by atoms with van der Waals surface area (Å²) < 4.78 is 19.8. The molecule has 4 fully saturated rings. The van der Waals surface area contributed by atoms with E-state index >= 15 is 0 Å². The van der Waals surface area contributed by atoms with Crippen molar-refractivity contribution in [2.24, 2.45) is 0 Å². The number of hydrogen-bond donors (Lipinski definition) is 0. The Morgan fingerprint density at radius 1 is 0.304 bits per heavy atom. The van der Waals surface area contributed by atoms with Crippen molar-refractivity contribution < 1.29 is 123 Å². The van der Waals surface area contributed by atoms with Crippen LogP contribution in [-0.2, 0) is 51.4 Å². The average Bonchev–Trinajstić information content (AvgIpc) is 4.05. The molecular formula is C59H93Na3O7. The normalized spacial score (nSPS) is 16.2. The van der Waals surface area contributed by atoms with Crippen LogP contribution < -0.4 is 104 Å². The van der Waals surface area contributed by atoms with Gasteiger partial charge in [0, 0.05) is 58.8 Å². The molecule has 3 aromatic carbocycles. The zero-order valence-corrected chi connectivity index (χ0v) is 54.2. The third kappa shape index (κ3) is 22.0. The summed E-state index contributed by atoms with van der Waals surface area (Å²) in [7, 11) is 0. The van der Waals surface area contributed by atoms with Crippen LogP contribution in [-0.4, -0.2) is 52.9 Å². The van der Waals surface area contributed by atoms with Crippen molar-refractivity contribution >= 4 is 0 Å². The smallest absolute Gasteiger partial charge is 0.872 e. The van der Waals surface area contributed by atoms with Crippen molar-refractivity contribution in [3.8, 4) is 17.2 Å². The van der Waals surface area contributed by atoms with Crippen LogP contribution in [0.15, 0.2) is 36.4 Å². The second kappa shape index (κ2) is 29.8. The zero-order valence-electron chi connectivity index (χ0n) is 48.2. The van der Waals surface area contributed by atoms with Crippen LogP contribution >= 0.6 is 0 Å². The van der Waals surface area contributed by atoms with Crippen LogP contribution in [0.4, 0.5) is 0 Å². The number of ether oxygens (including phenoxy) is 4. The third-order valence-corrected chi connectivity index (χ3v) is 12.6. The van der Waals surface area contributed by atoms with E-state index in [0.717, 1.165) is 69.5 Å². The van der Waals surface area contributed by atoms with Crippen LogP contribution in [0.2, 0.25) is 0 Å². The van der Waals surface area contributed by atoms with Crippen molar-refractivity contribution in [3.63, 3.8) is 0 Å². The molecule has 7 rings (SSSR count). The van der Waals surface area contributed by atoms with E-state index in [-0.39, 0.29) is 122 Å². The van der Waals surface area contributed by atoms with Gasteiger partial charge < -0.3 is 34.3 Å². The number of hydrogen-bond acceptors (Lipinski definition) is 7. The molecule has 10 heteroatoms. The van der Waals surface area contributed by atoms with Gasteiger partial charge in [0.05, 0.1) is 0 Å². The number of benzene rings is 3. The Morgan fingerprint density at radius 3 is 0.594 bits per heavy atom. The van der Waals surface area contributed by atoms with E-state index in [0.29, 0.717) is 33.4 Å². The van der Waals surface area contributed by atoms with Crippen LogP contribution in [0.25, 0.3) is 0 Å². The second-order valence-electron chi connectivity index (χ2n) is 25.0. The molecule has 0 N–H and O–H groups in total. The summed E-state index contributed by atoms with van der Waals surface area (Å²) in [6, 6.07) is 12.1. The first-order valence-electron chi connectivity index (χ1n) is 25.3. The van der Waals surface area contributed by atoms with Crippen molar-refractivity contribution in [1.82, 2.24) is 0 Å². The van der Waals surface area contributed by atoms with Gasteiger partial charge in [-0.2, -0.15) is 0 Å². The summed E-state index contributed by atoms with van der Waals surface area (Å²) in [5, 5.41) is 44.5. The van der Waals surface area contributed by atoms with Crippen molar-refractivity contribution in [2.45, 2.75) is 214 Å². The largest absolute Gasteiger partial charge is 1.00 e. The SMILES string of the molecule is C1CCOC1.C1CCOC1.C1CCOC1.C1CCOC1.CC(C)(C)c1cc(C(c2cc(C(C)(C)C)cc(C(C)(C)C)c2[O-])c2cc(C(C)(C)C)cc(C(C)(C)C)c2[O-])c([O-])c(C(C)(C)C)c1.[Na+].[Na+].[Na+]. The Kier molecular flexibility index (Phi) is 29.8. The molecule has 0 radical (unpaired) electrons. The Bertz CT molecular complexity index is 1690. The first-order chi connectivity index (χ1) is 30.4. The van der Waals surface area contributed by atoms with Crippen molar-refractivity contribution in [1.29, 1.82) is 0 Å². The van der Waals surface area contributed by atoms with Gasteiger partial charge in [0.25, 0.3) is 0 Å². The molecular weight excluding hydrogens is 890 g/mol. The molecule has 0 atom stereocenters. The summed E-state index contributed by atoms with van der Waals surface area (Å²) in [5.41, 5.74) is 4.56. The monoisotopic (exact) mass is 983 g/mol. The minimum atomic E-state index is -0.831. The van der Waals surface area contributed by atoms with Gasteiger partial charge in [-0.1, -0.05) is 161 Å². The molecule has 0 spiro atoms. The minimum absolute atomic E-state index is 0.